The molecular formula is C33H66N8. The highest BCUT2D eigenvalue weighted by molar-refractivity contribution is 6.31. The van der Waals surface area contributed by atoms with E-state index in [0.29, 0.717) is 5.92 Å². The van der Waals surface area contributed by atoms with Crippen molar-refractivity contribution in [1.82, 2.24) is 0 Å². The Morgan fingerprint density at radius 3 is 1.29 bits per heavy atom. The third-order valence-corrected chi connectivity index (χ3v) is 4.64. The van der Waals surface area contributed by atoms with Gasteiger partial charge in [0.05, 0.1) is 17.1 Å². The molecule has 0 saturated carbocycles. The van der Waals surface area contributed by atoms with Crippen LogP contribution in [0.25, 0.3) is 0 Å². The summed E-state index contributed by atoms with van der Waals surface area (Å²) in [5.74, 6) is 0.491. The molecule has 0 aliphatic heterocycles. The molecule has 0 aliphatic carbocycles. The first kappa shape index (κ1) is 45.4. The number of nitrogens with zero attached hydrogens (tertiary/aromatic N) is 8. The first-order valence-corrected chi connectivity index (χ1v) is 15.8. The van der Waals surface area contributed by atoms with E-state index < -0.39 is 0 Å². The van der Waals surface area contributed by atoms with Crippen LogP contribution in [0.15, 0.2) is 39.9 Å². The fourth-order valence-electron chi connectivity index (χ4n) is 2.74. The minimum Gasteiger partial charge on any atom is -0.292 e. The zero-order chi connectivity index (χ0) is 32.2. The predicted molar refractivity (Wildman–Crippen MR) is 194 cm³/mol. The third-order valence-electron chi connectivity index (χ3n) is 4.64. The smallest absolute Gasteiger partial charge is 0.0551 e. The Balaban J connectivity index is -0.000000223. The molecule has 0 unspecified atom stereocenters. The summed E-state index contributed by atoms with van der Waals surface area (Å²) in [6, 6.07) is 0. The molecule has 0 heterocycles. The molecule has 8 heteroatoms. The van der Waals surface area contributed by atoms with Gasteiger partial charge in [0.25, 0.3) is 0 Å². The van der Waals surface area contributed by atoms with E-state index in [-0.39, 0.29) is 0 Å². The average Bonchev–Trinajstić information content (AvgIpc) is 2.96. The molecule has 0 N–H and O–H groups in total. The Hall–Kier alpha value is -2.64. The minimum absolute atomic E-state index is 0.491. The van der Waals surface area contributed by atoms with Crippen molar-refractivity contribution >= 4 is 47.7 Å². The van der Waals surface area contributed by atoms with E-state index in [4.69, 9.17) is 0 Å². The minimum atomic E-state index is 0.491. The first-order chi connectivity index (χ1) is 19.7. The third kappa shape index (κ3) is 39.6. The lowest BCUT2D eigenvalue weighted by Crippen LogP contribution is -2.09. The maximum absolute atomic E-state index is 4.33. The second-order valence-corrected chi connectivity index (χ2v) is 8.72. The topological polar surface area (TPSA) is 98.9 Å². The lowest BCUT2D eigenvalue weighted by atomic mass is 10.1. The maximum atomic E-state index is 4.33. The summed E-state index contributed by atoms with van der Waals surface area (Å²) in [6.07, 6.45) is 10.6. The molecule has 0 aliphatic rings. The maximum Gasteiger partial charge on any atom is 0.0551 e. The van der Waals surface area contributed by atoms with Crippen LogP contribution in [-0.4, -0.2) is 100 Å². The zero-order valence-electron chi connectivity index (χ0n) is 29.2. The Kier molecular flexibility index (Phi) is 43.7. The van der Waals surface area contributed by atoms with Crippen LogP contribution in [0.4, 0.5) is 0 Å². The highest BCUT2D eigenvalue weighted by Gasteiger charge is 1.99. The first-order valence-electron chi connectivity index (χ1n) is 15.8. The van der Waals surface area contributed by atoms with Gasteiger partial charge in [-0.05, 0) is 81.1 Å². The fourth-order valence-corrected chi connectivity index (χ4v) is 2.74. The van der Waals surface area contributed by atoms with E-state index in [9.17, 15) is 0 Å². The van der Waals surface area contributed by atoms with Crippen molar-refractivity contribution in [2.75, 3.05) is 52.4 Å². The number of hydrogen-bond acceptors (Lipinski definition) is 8. The van der Waals surface area contributed by atoms with Gasteiger partial charge in [-0.25, -0.2) is 0 Å². The summed E-state index contributed by atoms with van der Waals surface area (Å²) in [5.41, 5.74) is 4.36. The molecule has 0 fully saturated rings. The molecular weight excluding hydrogens is 508 g/mol. The van der Waals surface area contributed by atoms with Crippen molar-refractivity contribution in [3.63, 3.8) is 0 Å². The van der Waals surface area contributed by atoms with Gasteiger partial charge >= 0.3 is 0 Å². The molecule has 0 radical (unpaired) electrons. The predicted octanol–water partition coefficient (Wildman–Crippen LogP) is 8.04. The molecule has 0 amide bonds. The molecule has 0 saturated heterocycles. The molecule has 0 aromatic heterocycles. The van der Waals surface area contributed by atoms with Crippen LogP contribution in [0.3, 0.4) is 0 Å². The quantitative estimate of drug-likeness (QED) is 0.167. The van der Waals surface area contributed by atoms with Gasteiger partial charge in [-0.3, -0.25) is 39.9 Å². The summed E-state index contributed by atoms with van der Waals surface area (Å²) in [4.78, 5) is 33.5. The number of aliphatic imine (C=N–C) groups is 8. The van der Waals surface area contributed by atoms with Gasteiger partial charge in [-0.1, -0.05) is 34.1 Å². The molecule has 8 nitrogen and oxygen atoms in total. The summed E-state index contributed by atoms with van der Waals surface area (Å²) in [6.45, 7) is 33.5. The van der Waals surface area contributed by atoms with Crippen LogP contribution in [0.1, 0.15) is 109 Å². The molecule has 0 bridgehead atoms. The van der Waals surface area contributed by atoms with Crippen LogP contribution < -0.4 is 0 Å². The summed E-state index contributed by atoms with van der Waals surface area (Å²) in [5, 5.41) is 0. The van der Waals surface area contributed by atoms with Gasteiger partial charge < -0.3 is 0 Å². The van der Waals surface area contributed by atoms with Gasteiger partial charge in [0.2, 0.25) is 0 Å². The highest BCUT2D eigenvalue weighted by atomic mass is 14.8. The van der Waals surface area contributed by atoms with Gasteiger partial charge in [-0.15, -0.1) is 0 Å². The van der Waals surface area contributed by atoms with E-state index >= 15 is 0 Å². The molecule has 0 spiro atoms. The Morgan fingerprint density at radius 1 is 0.488 bits per heavy atom. The van der Waals surface area contributed by atoms with Gasteiger partial charge in [-0.2, -0.15) is 0 Å². The van der Waals surface area contributed by atoms with Crippen molar-refractivity contribution in [3.8, 4) is 0 Å². The van der Waals surface area contributed by atoms with Crippen molar-refractivity contribution in [2.45, 2.75) is 109 Å². The molecule has 41 heavy (non-hydrogen) atoms. The molecule has 238 valence electrons. The second-order valence-electron chi connectivity index (χ2n) is 8.72. The summed E-state index contributed by atoms with van der Waals surface area (Å²) in [7, 11) is 0. The van der Waals surface area contributed by atoms with Crippen LogP contribution in [0.5, 0.6) is 0 Å². The van der Waals surface area contributed by atoms with Crippen LogP contribution in [-0.2, 0) is 0 Å². The Labute approximate surface area is 255 Å². The average molecular weight is 575 g/mol. The van der Waals surface area contributed by atoms with E-state index in [2.05, 4.69) is 74.6 Å². The lowest BCUT2D eigenvalue weighted by molar-refractivity contribution is 0.884. The Bertz CT molecular complexity index is 785. The summed E-state index contributed by atoms with van der Waals surface area (Å²) >= 11 is 0. The molecule has 0 aromatic rings. The van der Waals surface area contributed by atoms with Gasteiger partial charge in [0.1, 0.15) is 0 Å². The number of rotatable bonds is 16. The van der Waals surface area contributed by atoms with Gasteiger partial charge in [0.15, 0.2) is 0 Å². The van der Waals surface area contributed by atoms with E-state index in [1.165, 1.54) is 0 Å². The van der Waals surface area contributed by atoms with Crippen molar-refractivity contribution in [1.29, 1.82) is 0 Å². The van der Waals surface area contributed by atoms with Crippen LogP contribution in [0, 0.1) is 5.92 Å². The van der Waals surface area contributed by atoms with Crippen molar-refractivity contribution < 1.29 is 0 Å². The normalized spacial score (nSPS) is 13.0. The molecule has 0 aromatic carbocycles. The van der Waals surface area contributed by atoms with Crippen LogP contribution in [0.2, 0.25) is 0 Å². The lowest BCUT2D eigenvalue weighted by Gasteiger charge is -2.02. The zero-order valence-corrected chi connectivity index (χ0v) is 29.2. The van der Waals surface area contributed by atoms with E-state index in [1.54, 1.807) is 0 Å². The largest absolute Gasteiger partial charge is 0.292 e. The van der Waals surface area contributed by atoms with Crippen molar-refractivity contribution in [2.24, 2.45) is 45.9 Å². The highest BCUT2D eigenvalue weighted by Crippen LogP contribution is 1.95. The Morgan fingerprint density at radius 2 is 0.902 bits per heavy atom. The van der Waals surface area contributed by atoms with Gasteiger partial charge in [0, 0.05) is 82.9 Å². The van der Waals surface area contributed by atoms with E-state index in [0.717, 1.165) is 94.5 Å². The summed E-state index contributed by atoms with van der Waals surface area (Å²) < 4.78 is 0. The monoisotopic (exact) mass is 575 g/mol. The molecule has 0 atom stereocenters. The van der Waals surface area contributed by atoms with Crippen LogP contribution >= 0.6 is 0 Å². The second kappa shape index (κ2) is 39.5. The fraction of sp³-hybridized carbons (Fsp3) is 0.758. The SMILES string of the molecule is CCCC(C=NCC)=NCC.CCN=CC(=NCC)C(C)C.CCN=CC(C)=NCC.CCN=CC(CC)=NCC. The standard InChI is InChI=1S/2C9H18N2.C8H16N2.C7H14N2/c1-5-10-7-9(8(3)4)11-6-2;1-4-7-9(11-6-3)8-10-5-2;1-4-8(10-6-3)7-9-5-2;1-4-8-6-7(3)9-5-2/h7-8H,5-6H2,1-4H3;8H,4-7H2,1-3H3;7H,4-6H2,1-3H3;6H,4-5H2,1-3H3. The molecule has 0 rings (SSSR count). The van der Waals surface area contributed by atoms with Crippen molar-refractivity contribution in [3.05, 3.63) is 0 Å². The van der Waals surface area contributed by atoms with E-state index in [1.807, 2.05) is 80.2 Å². The number of hydrogen-bond donors (Lipinski definition) is 0.